The molecule has 0 radical (unpaired) electrons. The topological polar surface area (TPSA) is 43.8 Å². The molecule has 0 unspecified atom stereocenters. The van der Waals surface area contributed by atoms with E-state index in [2.05, 4.69) is 10.3 Å². The van der Waals surface area contributed by atoms with E-state index in [4.69, 9.17) is 5.11 Å². The van der Waals surface area contributed by atoms with Crippen LogP contribution in [0.3, 0.4) is 0 Å². The molecule has 0 aliphatic carbocycles. The maximum Gasteiger partial charge on any atom is 0.236 e. The minimum absolute atomic E-state index is 0.146. The molecule has 1 aromatic heterocycles. The van der Waals surface area contributed by atoms with Crippen LogP contribution in [-0.2, 0) is 11.3 Å². The smallest absolute Gasteiger partial charge is 0.236 e. The van der Waals surface area contributed by atoms with Gasteiger partial charge in [0.15, 0.2) is 0 Å². The Kier molecular flexibility index (Phi) is 4.15. The monoisotopic (exact) mass is 254 g/mol. The lowest BCUT2D eigenvalue weighted by molar-refractivity contribution is -0.133. The number of carbonyl (C=O) groups excluding carboxylic acids is 1. The normalized spacial score (nSPS) is 16.8. The molecule has 1 saturated heterocycles. The zero-order valence-corrected chi connectivity index (χ0v) is 10.8. The van der Waals surface area contributed by atoms with Crippen molar-refractivity contribution in [1.82, 2.24) is 9.80 Å². The molecule has 0 saturated carbocycles. The first-order valence-electron chi connectivity index (χ1n) is 5.77. The number of hydrogen-bond donors (Lipinski definition) is 1. The predicted octanol–water partition coefficient (Wildman–Crippen LogP) is 0.631. The summed E-state index contributed by atoms with van der Waals surface area (Å²) >= 11 is 1.65. The van der Waals surface area contributed by atoms with Gasteiger partial charge in [-0.25, -0.2) is 0 Å². The Hall–Kier alpha value is -0.910. The van der Waals surface area contributed by atoms with Gasteiger partial charge in [0.2, 0.25) is 5.91 Å². The Morgan fingerprint density at radius 1 is 1.65 bits per heavy atom. The zero-order chi connectivity index (χ0) is 12.3. The van der Waals surface area contributed by atoms with E-state index in [1.165, 1.54) is 5.56 Å². The molecule has 2 rings (SSSR count). The van der Waals surface area contributed by atoms with E-state index < -0.39 is 0 Å². The van der Waals surface area contributed by atoms with Crippen LogP contribution in [0.15, 0.2) is 16.8 Å². The van der Waals surface area contributed by atoms with Gasteiger partial charge in [0.25, 0.3) is 0 Å². The van der Waals surface area contributed by atoms with Crippen LogP contribution in [0, 0.1) is 5.92 Å². The summed E-state index contributed by atoms with van der Waals surface area (Å²) in [5.74, 6) is 0.512. The highest BCUT2D eigenvalue weighted by atomic mass is 32.1. The fraction of sp³-hybridized carbons (Fsp3) is 0.583. The van der Waals surface area contributed by atoms with Gasteiger partial charge in [0.1, 0.15) is 0 Å². The van der Waals surface area contributed by atoms with Crippen LogP contribution >= 0.6 is 11.3 Å². The van der Waals surface area contributed by atoms with Crippen molar-refractivity contribution in [3.8, 4) is 0 Å². The van der Waals surface area contributed by atoms with E-state index in [0.29, 0.717) is 19.0 Å². The van der Waals surface area contributed by atoms with Gasteiger partial charge >= 0.3 is 0 Å². The van der Waals surface area contributed by atoms with Gasteiger partial charge in [-0.2, -0.15) is 11.3 Å². The first kappa shape index (κ1) is 12.5. The third-order valence-electron chi connectivity index (χ3n) is 3.08. The largest absolute Gasteiger partial charge is 0.396 e. The fourth-order valence-corrected chi connectivity index (χ4v) is 2.64. The Labute approximate surface area is 105 Å². The van der Waals surface area contributed by atoms with Crippen molar-refractivity contribution >= 4 is 17.2 Å². The summed E-state index contributed by atoms with van der Waals surface area (Å²) in [6, 6.07) is 2.04. The number of rotatable bonds is 5. The van der Waals surface area contributed by atoms with Crippen molar-refractivity contribution in [3.63, 3.8) is 0 Å². The van der Waals surface area contributed by atoms with Crippen molar-refractivity contribution in [2.75, 3.05) is 33.3 Å². The summed E-state index contributed by atoms with van der Waals surface area (Å²) in [5.41, 5.74) is 1.18. The van der Waals surface area contributed by atoms with Gasteiger partial charge in [0.05, 0.1) is 6.54 Å². The quantitative estimate of drug-likeness (QED) is 0.838. The number of nitrogens with zero attached hydrogens (tertiary/aromatic N) is 2. The molecule has 0 atom stereocenters. The molecule has 0 spiro atoms. The van der Waals surface area contributed by atoms with E-state index in [-0.39, 0.29) is 12.5 Å². The Bertz CT molecular complexity index is 361. The van der Waals surface area contributed by atoms with E-state index in [9.17, 15) is 4.79 Å². The molecule has 4 nitrogen and oxygen atoms in total. The van der Waals surface area contributed by atoms with Crippen LogP contribution in [0.25, 0.3) is 0 Å². The number of likely N-dealkylation sites (tertiary alicyclic amines) is 1. The van der Waals surface area contributed by atoms with Crippen molar-refractivity contribution in [2.45, 2.75) is 6.54 Å². The highest BCUT2D eigenvalue weighted by molar-refractivity contribution is 7.07. The van der Waals surface area contributed by atoms with Gasteiger partial charge in [-0.05, 0) is 22.4 Å². The summed E-state index contributed by atoms with van der Waals surface area (Å²) < 4.78 is 0. The van der Waals surface area contributed by atoms with Crippen LogP contribution in [0.4, 0.5) is 0 Å². The number of carbonyl (C=O) groups is 1. The van der Waals surface area contributed by atoms with Gasteiger partial charge < -0.3 is 10.0 Å². The first-order valence-corrected chi connectivity index (χ1v) is 6.71. The van der Waals surface area contributed by atoms with Gasteiger partial charge in [-0.15, -0.1) is 0 Å². The molecular weight excluding hydrogens is 236 g/mol. The number of likely N-dealkylation sites (N-methyl/N-ethyl adjacent to an activating group) is 1. The Morgan fingerprint density at radius 2 is 2.41 bits per heavy atom. The predicted molar refractivity (Wildman–Crippen MR) is 67.8 cm³/mol. The maximum absolute atomic E-state index is 11.9. The molecule has 2 heterocycles. The third kappa shape index (κ3) is 3.28. The van der Waals surface area contributed by atoms with E-state index in [1.807, 2.05) is 18.5 Å². The minimum atomic E-state index is 0.146. The van der Waals surface area contributed by atoms with E-state index in [0.717, 1.165) is 13.1 Å². The highest BCUT2D eigenvalue weighted by Gasteiger charge is 2.28. The minimum Gasteiger partial charge on any atom is -0.396 e. The molecule has 0 aromatic carbocycles. The lowest BCUT2D eigenvalue weighted by Gasteiger charge is -2.38. The number of hydrogen-bond acceptors (Lipinski definition) is 4. The van der Waals surface area contributed by atoms with Crippen LogP contribution in [0.2, 0.25) is 0 Å². The SMILES string of the molecule is CN(Cc1ccsc1)C(=O)CN1CC(CO)C1. The number of amides is 1. The van der Waals surface area contributed by atoms with Gasteiger partial charge in [-0.3, -0.25) is 9.69 Å². The highest BCUT2D eigenvalue weighted by Crippen LogP contribution is 2.14. The summed E-state index contributed by atoms with van der Waals surface area (Å²) in [5, 5.41) is 13.0. The first-order chi connectivity index (χ1) is 8.19. The molecule has 1 aliphatic heterocycles. The summed E-state index contributed by atoms with van der Waals surface area (Å²) in [6.07, 6.45) is 0. The lowest BCUT2D eigenvalue weighted by atomic mass is 10.0. The van der Waals surface area contributed by atoms with Crippen LogP contribution in [0.1, 0.15) is 5.56 Å². The third-order valence-corrected chi connectivity index (χ3v) is 3.81. The summed E-state index contributed by atoms with van der Waals surface area (Å²) in [4.78, 5) is 15.7. The average molecular weight is 254 g/mol. The molecule has 5 heteroatoms. The molecule has 1 aliphatic rings. The molecule has 17 heavy (non-hydrogen) atoms. The molecule has 94 valence electrons. The Balaban J connectivity index is 1.73. The van der Waals surface area contributed by atoms with Crippen molar-refractivity contribution in [3.05, 3.63) is 22.4 Å². The lowest BCUT2D eigenvalue weighted by Crippen LogP contribution is -2.52. The standard InChI is InChI=1S/C12H18N2O2S/c1-13(4-10-2-3-17-9-10)12(16)7-14-5-11(6-14)8-15/h2-3,9,11,15H,4-8H2,1H3. The number of aliphatic hydroxyl groups is 1. The molecular formula is C12H18N2O2S. The van der Waals surface area contributed by atoms with Crippen LogP contribution in [-0.4, -0.2) is 54.1 Å². The second-order valence-corrected chi connectivity index (χ2v) is 5.40. The van der Waals surface area contributed by atoms with Crippen LogP contribution in [0.5, 0.6) is 0 Å². The van der Waals surface area contributed by atoms with E-state index >= 15 is 0 Å². The van der Waals surface area contributed by atoms with Crippen molar-refractivity contribution in [2.24, 2.45) is 5.92 Å². The second kappa shape index (κ2) is 5.62. The molecule has 1 N–H and O–H groups in total. The second-order valence-electron chi connectivity index (χ2n) is 4.62. The maximum atomic E-state index is 11.9. The van der Waals surface area contributed by atoms with Gasteiger partial charge in [0, 0.05) is 39.2 Å². The molecule has 1 fully saturated rings. The summed E-state index contributed by atoms with van der Waals surface area (Å²) in [6.45, 7) is 3.06. The zero-order valence-electron chi connectivity index (χ0n) is 10.0. The average Bonchev–Trinajstić information content (AvgIpc) is 2.74. The number of thiophene rings is 1. The van der Waals surface area contributed by atoms with Gasteiger partial charge in [-0.1, -0.05) is 0 Å². The van der Waals surface area contributed by atoms with Crippen molar-refractivity contribution < 1.29 is 9.90 Å². The Morgan fingerprint density at radius 3 is 3.00 bits per heavy atom. The molecule has 1 aromatic rings. The molecule has 0 bridgehead atoms. The number of aliphatic hydroxyl groups excluding tert-OH is 1. The summed E-state index contributed by atoms with van der Waals surface area (Å²) in [7, 11) is 1.84. The fourth-order valence-electron chi connectivity index (χ4n) is 1.98. The van der Waals surface area contributed by atoms with Crippen molar-refractivity contribution in [1.29, 1.82) is 0 Å². The van der Waals surface area contributed by atoms with E-state index in [1.54, 1.807) is 16.2 Å². The van der Waals surface area contributed by atoms with Crippen LogP contribution < -0.4 is 0 Å². The molecule has 1 amide bonds.